The molecule has 1 N–H and O–H groups in total. The van der Waals surface area contributed by atoms with Crippen LogP contribution in [0.25, 0.3) is 11.5 Å². The molecule has 144 valence electrons. The predicted molar refractivity (Wildman–Crippen MR) is 106 cm³/mol. The Morgan fingerprint density at radius 2 is 1.96 bits per heavy atom. The molecule has 0 atom stereocenters. The first-order valence-corrected chi connectivity index (χ1v) is 9.92. The van der Waals surface area contributed by atoms with E-state index in [2.05, 4.69) is 20.4 Å². The Labute approximate surface area is 166 Å². The number of carbonyl (C=O) groups excluding carboxylic acids is 2. The number of aromatic nitrogens is 3. The van der Waals surface area contributed by atoms with Crippen LogP contribution in [0.5, 0.6) is 0 Å². The second kappa shape index (κ2) is 6.94. The van der Waals surface area contributed by atoms with Gasteiger partial charge in [0.05, 0.1) is 21.7 Å². The van der Waals surface area contributed by atoms with E-state index >= 15 is 0 Å². The third kappa shape index (κ3) is 3.47. The molecule has 1 aromatic carbocycles. The van der Waals surface area contributed by atoms with Crippen molar-refractivity contribution in [2.75, 3.05) is 5.32 Å². The van der Waals surface area contributed by atoms with Gasteiger partial charge in [0.15, 0.2) is 16.7 Å². The normalized spacial score (nSPS) is 14.0. The largest absolute Gasteiger partial charge is 0.334 e. The fourth-order valence-electron chi connectivity index (χ4n) is 2.99. The van der Waals surface area contributed by atoms with Crippen molar-refractivity contribution in [1.29, 1.82) is 0 Å². The van der Waals surface area contributed by atoms with Crippen molar-refractivity contribution < 1.29 is 14.1 Å². The number of Topliss-reactive ketones (excluding diaryl/α,β-unsaturated/α-hetero) is 1. The highest BCUT2D eigenvalue weighted by atomic mass is 32.1. The predicted octanol–water partition coefficient (Wildman–Crippen LogP) is 4.26. The maximum Gasteiger partial charge on any atom is 0.258 e. The average Bonchev–Trinajstić information content (AvgIpc) is 3.29. The third-order valence-corrected chi connectivity index (χ3v) is 5.54. The lowest BCUT2D eigenvalue weighted by Gasteiger charge is -2.11. The quantitative estimate of drug-likeness (QED) is 0.710. The Hall–Kier alpha value is -2.87. The fourth-order valence-corrected chi connectivity index (χ4v) is 3.97. The van der Waals surface area contributed by atoms with E-state index in [1.54, 1.807) is 18.2 Å². The molecule has 0 radical (unpaired) electrons. The zero-order chi connectivity index (χ0) is 19.9. The summed E-state index contributed by atoms with van der Waals surface area (Å²) in [6, 6.07) is 7.05. The lowest BCUT2D eigenvalue weighted by molar-refractivity contribution is 0.0975. The fraction of sp³-hybridized carbons (Fsp3) is 0.350. The molecule has 0 unspecified atom stereocenters. The number of ketones is 1. The zero-order valence-electron chi connectivity index (χ0n) is 15.9. The molecule has 0 aliphatic heterocycles. The lowest BCUT2D eigenvalue weighted by Crippen LogP contribution is -2.14. The molecule has 0 saturated heterocycles. The van der Waals surface area contributed by atoms with E-state index in [4.69, 9.17) is 4.52 Å². The van der Waals surface area contributed by atoms with Crippen LogP contribution >= 0.6 is 11.3 Å². The first-order chi connectivity index (χ1) is 13.3. The molecule has 3 aromatic rings. The molecule has 8 heteroatoms. The minimum absolute atomic E-state index is 0.0974. The highest BCUT2D eigenvalue weighted by Crippen LogP contribution is 2.31. The Balaban J connectivity index is 1.62. The number of hydrogen-bond donors (Lipinski definition) is 1. The van der Waals surface area contributed by atoms with Crippen LogP contribution in [0.2, 0.25) is 0 Å². The van der Waals surface area contributed by atoms with Gasteiger partial charge in [-0.05, 0) is 25.0 Å². The van der Waals surface area contributed by atoms with E-state index in [1.807, 2.05) is 26.8 Å². The molecular formula is C20H20N4O3S. The molecule has 0 spiro atoms. The standard InChI is InChI=1S/C20H20N4O3S/c1-20(2,3)18-23-17(27-24-18)12-8-5-4-7-11(12)16(26)22-19-21-13-9-6-10-14(25)15(13)28-19/h4-5,7-8H,6,9-10H2,1-3H3,(H,21,22,26). The number of thiazole rings is 1. The van der Waals surface area contributed by atoms with Crippen LogP contribution in [0.15, 0.2) is 28.8 Å². The van der Waals surface area contributed by atoms with Gasteiger partial charge in [-0.3, -0.25) is 14.9 Å². The van der Waals surface area contributed by atoms with Crippen molar-refractivity contribution in [1.82, 2.24) is 15.1 Å². The maximum atomic E-state index is 12.9. The van der Waals surface area contributed by atoms with Gasteiger partial charge in [-0.1, -0.05) is 49.4 Å². The Morgan fingerprint density at radius 1 is 1.18 bits per heavy atom. The van der Waals surface area contributed by atoms with E-state index in [9.17, 15) is 9.59 Å². The van der Waals surface area contributed by atoms with Crippen molar-refractivity contribution in [3.63, 3.8) is 0 Å². The van der Waals surface area contributed by atoms with Gasteiger partial charge in [0.2, 0.25) is 0 Å². The number of nitrogens with zero attached hydrogens (tertiary/aromatic N) is 3. The number of anilines is 1. The molecule has 28 heavy (non-hydrogen) atoms. The van der Waals surface area contributed by atoms with Crippen LogP contribution in [0.3, 0.4) is 0 Å². The third-order valence-electron chi connectivity index (χ3n) is 4.49. The highest BCUT2D eigenvalue weighted by molar-refractivity contribution is 7.17. The zero-order valence-corrected chi connectivity index (χ0v) is 16.7. The molecule has 1 aliphatic rings. The molecule has 1 aliphatic carbocycles. The number of nitrogens with one attached hydrogen (secondary N) is 1. The monoisotopic (exact) mass is 396 g/mol. The molecule has 0 saturated carbocycles. The van der Waals surface area contributed by atoms with Gasteiger partial charge in [-0.2, -0.15) is 4.98 Å². The summed E-state index contributed by atoms with van der Waals surface area (Å²) >= 11 is 1.23. The van der Waals surface area contributed by atoms with Gasteiger partial charge in [0.25, 0.3) is 11.8 Å². The van der Waals surface area contributed by atoms with E-state index < -0.39 is 0 Å². The summed E-state index contributed by atoms with van der Waals surface area (Å²) in [5, 5.41) is 7.28. The Kier molecular flexibility index (Phi) is 4.58. The first-order valence-electron chi connectivity index (χ1n) is 9.11. The van der Waals surface area contributed by atoms with Crippen molar-refractivity contribution in [3.8, 4) is 11.5 Å². The summed E-state index contributed by atoms with van der Waals surface area (Å²) in [7, 11) is 0. The molecule has 0 fully saturated rings. The van der Waals surface area contributed by atoms with E-state index in [0.29, 0.717) is 39.3 Å². The van der Waals surface area contributed by atoms with Crippen molar-refractivity contribution in [2.24, 2.45) is 0 Å². The second-order valence-electron chi connectivity index (χ2n) is 7.74. The van der Waals surface area contributed by atoms with Crippen LogP contribution in [0, 0.1) is 0 Å². The summed E-state index contributed by atoms with van der Waals surface area (Å²) < 4.78 is 5.40. The van der Waals surface area contributed by atoms with E-state index in [0.717, 1.165) is 18.5 Å². The van der Waals surface area contributed by atoms with Gasteiger partial charge in [0.1, 0.15) is 0 Å². The summed E-state index contributed by atoms with van der Waals surface area (Å²) in [4.78, 5) is 34.4. The number of carbonyl (C=O) groups is 2. The van der Waals surface area contributed by atoms with Gasteiger partial charge in [0, 0.05) is 11.8 Å². The van der Waals surface area contributed by atoms with E-state index in [-0.39, 0.29) is 17.1 Å². The summed E-state index contributed by atoms with van der Waals surface area (Å²) in [6.07, 6.45) is 2.11. The molecule has 1 amide bonds. The minimum Gasteiger partial charge on any atom is -0.334 e. The minimum atomic E-state index is -0.329. The number of fused-ring (bicyclic) bond motifs is 1. The van der Waals surface area contributed by atoms with Gasteiger partial charge >= 0.3 is 0 Å². The van der Waals surface area contributed by atoms with Gasteiger partial charge in [-0.15, -0.1) is 0 Å². The number of rotatable bonds is 3. The molecule has 2 aromatic heterocycles. The number of aryl methyl sites for hydroxylation is 1. The first kappa shape index (κ1) is 18.5. The highest BCUT2D eigenvalue weighted by Gasteiger charge is 2.25. The smallest absolute Gasteiger partial charge is 0.258 e. The Bertz CT molecular complexity index is 1060. The van der Waals surface area contributed by atoms with E-state index in [1.165, 1.54) is 11.3 Å². The number of benzene rings is 1. The topological polar surface area (TPSA) is 98.0 Å². The van der Waals surface area contributed by atoms with Crippen molar-refractivity contribution in [2.45, 2.75) is 45.4 Å². The SMILES string of the molecule is CC(C)(C)c1noc(-c2ccccc2C(=O)Nc2nc3c(s2)C(=O)CCC3)n1. The van der Waals surface area contributed by atoms with Crippen LogP contribution < -0.4 is 5.32 Å². The van der Waals surface area contributed by atoms with Crippen molar-refractivity contribution >= 4 is 28.2 Å². The molecule has 0 bridgehead atoms. The number of hydrogen-bond acceptors (Lipinski definition) is 7. The molecular weight excluding hydrogens is 376 g/mol. The van der Waals surface area contributed by atoms with Crippen LogP contribution in [0.4, 0.5) is 5.13 Å². The average molecular weight is 396 g/mol. The summed E-state index contributed by atoms with van der Waals surface area (Å²) in [6.45, 7) is 5.98. The van der Waals surface area contributed by atoms with Gasteiger partial charge in [-0.25, -0.2) is 4.98 Å². The van der Waals surface area contributed by atoms with Crippen LogP contribution in [0.1, 0.15) is 65.2 Å². The molecule has 7 nitrogen and oxygen atoms in total. The Morgan fingerprint density at radius 3 is 2.68 bits per heavy atom. The molecule has 2 heterocycles. The van der Waals surface area contributed by atoms with Crippen LogP contribution in [-0.4, -0.2) is 26.8 Å². The molecule has 4 rings (SSSR count). The van der Waals surface area contributed by atoms with Gasteiger partial charge < -0.3 is 4.52 Å². The summed E-state index contributed by atoms with van der Waals surface area (Å²) in [5.41, 5.74) is 1.48. The lowest BCUT2D eigenvalue weighted by atomic mass is 9.96. The van der Waals surface area contributed by atoms with Crippen LogP contribution in [-0.2, 0) is 11.8 Å². The van der Waals surface area contributed by atoms with Crippen molar-refractivity contribution in [3.05, 3.63) is 46.2 Å². The number of amides is 1. The second-order valence-corrected chi connectivity index (χ2v) is 8.74. The summed E-state index contributed by atoms with van der Waals surface area (Å²) in [5.74, 6) is 0.637. The maximum absolute atomic E-state index is 12.9.